The Morgan fingerprint density at radius 1 is 0.722 bits per heavy atom. The highest BCUT2D eigenvalue weighted by molar-refractivity contribution is 5.80. The minimum atomic E-state index is -0.678. The lowest BCUT2D eigenvalue weighted by atomic mass is 9.57. The molecule has 6 fully saturated rings. The predicted octanol–water partition coefficient (Wildman–Crippen LogP) is 6.68. The number of amides is 1. The van der Waals surface area contributed by atoms with E-state index >= 15 is 0 Å². The van der Waals surface area contributed by atoms with Gasteiger partial charge in [0.05, 0.1) is 18.1 Å². The van der Waals surface area contributed by atoms with E-state index in [0.29, 0.717) is 29.8 Å². The highest BCUT2D eigenvalue weighted by Gasteiger charge is 2.57. The van der Waals surface area contributed by atoms with E-state index in [1.165, 1.54) is 77.0 Å². The fourth-order valence-corrected chi connectivity index (χ4v) is 9.98. The molecule has 0 aromatic carbocycles. The van der Waals surface area contributed by atoms with Crippen LogP contribution in [0.3, 0.4) is 0 Å². The number of hydrogen-bond acceptors (Lipinski definition) is 4. The molecular formula is C31H51N3O2. The summed E-state index contributed by atoms with van der Waals surface area (Å²) in [6, 6.07) is 0.432. The number of aliphatic hydroxyl groups is 1. The van der Waals surface area contributed by atoms with Crippen molar-refractivity contribution in [3.63, 3.8) is 0 Å². The molecule has 0 spiro atoms. The van der Waals surface area contributed by atoms with Crippen molar-refractivity contribution in [1.29, 1.82) is 0 Å². The van der Waals surface area contributed by atoms with Gasteiger partial charge in [-0.2, -0.15) is 10.2 Å². The number of aliphatic hydroxyl groups excluding tert-OH is 1. The number of nitrogens with one attached hydrogen (secondary N) is 1. The topological polar surface area (TPSA) is 74.0 Å². The van der Waals surface area contributed by atoms with Gasteiger partial charge in [-0.1, -0.05) is 45.4 Å². The molecule has 0 aromatic heterocycles. The van der Waals surface area contributed by atoms with Crippen LogP contribution in [0, 0.1) is 47.3 Å². The zero-order valence-corrected chi connectivity index (χ0v) is 22.7. The summed E-state index contributed by atoms with van der Waals surface area (Å²) in [5, 5.41) is 25.1. The average molecular weight is 498 g/mol. The molecule has 6 aliphatic carbocycles. The van der Waals surface area contributed by atoms with E-state index < -0.39 is 6.10 Å². The largest absolute Gasteiger partial charge is 0.390 e. The lowest BCUT2D eigenvalue weighted by Crippen LogP contribution is -2.56. The summed E-state index contributed by atoms with van der Waals surface area (Å²) in [7, 11) is 0. The zero-order valence-electron chi connectivity index (χ0n) is 22.7. The van der Waals surface area contributed by atoms with Gasteiger partial charge >= 0.3 is 0 Å². The van der Waals surface area contributed by atoms with Gasteiger partial charge in [0.2, 0.25) is 5.91 Å². The third-order valence-corrected chi connectivity index (χ3v) is 11.9. The molecule has 202 valence electrons. The van der Waals surface area contributed by atoms with Crippen LogP contribution in [0.1, 0.15) is 116 Å². The molecule has 6 rings (SSSR count). The van der Waals surface area contributed by atoms with Crippen molar-refractivity contribution < 1.29 is 9.90 Å². The van der Waals surface area contributed by atoms with Gasteiger partial charge in [0.15, 0.2) is 0 Å². The molecule has 5 nitrogen and oxygen atoms in total. The first-order valence-corrected chi connectivity index (χ1v) is 16.0. The maximum absolute atomic E-state index is 13.5. The van der Waals surface area contributed by atoms with E-state index in [1.54, 1.807) is 0 Å². The molecule has 2 N–H and O–H groups in total. The molecule has 6 saturated carbocycles. The minimum absolute atomic E-state index is 0.0988. The van der Waals surface area contributed by atoms with Gasteiger partial charge in [0.1, 0.15) is 6.04 Å². The molecule has 0 bridgehead atoms. The Morgan fingerprint density at radius 3 is 2.28 bits per heavy atom. The summed E-state index contributed by atoms with van der Waals surface area (Å²) in [5.41, 5.74) is 0. The van der Waals surface area contributed by atoms with Crippen LogP contribution in [0.5, 0.6) is 0 Å². The van der Waals surface area contributed by atoms with Gasteiger partial charge in [0, 0.05) is 6.04 Å². The third-order valence-electron chi connectivity index (χ3n) is 11.9. The molecule has 0 saturated heterocycles. The number of rotatable bonds is 4. The Hall–Kier alpha value is -0.970. The third kappa shape index (κ3) is 5.04. The van der Waals surface area contributed by atoms with Gasteiger partial charge in [-0.05, 0) is 112 Å². The average Bonchev–Trinajstić information content (AvgIpc) is 3.28. The fourth-order valence-electron chi connectivity index (χ4n) is 9.98. The van der Waals surface area contributed by atoms with E-state index in [-0.39, 0.29) is 17.9 Å². The van der Waals surface area contributed by atoms with Crippen molar-refractivity contribution in [1.82, 2.24) is 5.32 Å². The summed E-state index contributed by atoms with van der Waals surface area (Å²) < 4.78 is 0. The van der Waals surface area contributed by atoms with Crippen molar-refractivity contribution in [2.75, 3.05) is 0 Å². The van der Waals surface area contributed by atoms with Gasteiger partial charge in [-0.15, -0.1) is 0 Å². The van der Waals surface area contributed by atoms with Gasteiger partial charge in [-0.25, -0.2) is 0 Å². The Kier molecular flexibility index (Phi) is 7.75. The van der Waals surface area contributed by atoms with Crippen molar-refractivity contribution in [2.45, 2.75) is 140 Å². The Morgan fingerprint density at radius 2 is 1.47 bits per heavy atom. The number of carbonyl (C=O) groups excluding carboxylic acids is 1. The smallest absolute Gasteiger partial charge is 0.226 e. The molecule has 0 aromatic rings. The van der Waals surface area contributed by atoms with E-state index in [1.807, 2.05) is 0 Å². The summed E-state index contributed by atoms with van der Waals surface area (Å²) in [6.07, 6.45) is 20.4. The first-order valence-electron chi connectivity index (χ1n) is 16.0. The summed E-state index contributed by atoms with van der Waals surface area (Å²) in [6.45, 7) is 2.35. The monoisotopic (exact) mass is 497 g/mol. The molecule has 1 amide bonds. The van der Waals surface area contributed by atoms with E-state index in [2.05, 4.69) is 12.2 Å². The molecule has 0 heterocycles. The standard InChI is InChI=1S/C31H51N3O2/c1-19-11-14-23(15-12-19)33-34-29-28-21(13-16-25-24-10-6-5-7-20(24)17-26(25)28)18-27(30(29)35)31(36)32-22-8-3-2-4-9-22/h19-30,35H,2-18H2,1H3,(H,32,36). The number of carbonyl (C=O) groups is 1. The highest BCUT2D eigenvalue weighted by Crippen LogP contribution is 2.60. The molecule has 0 aliphatic heterocycles. The normalized spacial score (nSPS) is 47.7. The van der Waals surface area contributed by atoms with Gasteiger partial charge in [0.25, 0.3) is 0 Å². The lowest BCUT2D eigenvalue weighted by molar-refractivity contribution is -0.137. The van der Waals surface area contributed by atoms with Crippen LogP contribution < -0.4 is 5.32 Å². The fraction of sp³-hybridized carbons (Fsp3) is 0.968. The van der Waals surface area contributed by atoms with Crippen LogP contribution in [0.15, 0.2) is 10.2 Å². The molecule has 9 atom stereocenters. The summed E-state index contributed by atoms with van der Waals surface area (Å²) in [5.74, 6) is 4.84. The van der Waals surface area contributed by atoms with Crippen molar-refractivity contribution in [3.8, 4) is 0 Å². The summed E-state index contributed by atoms with van der Waals surface area (Å²) >= 11 is 0. The molecular weight excluding hydrogens is 446 g/mol. The quantitative estimate of drug-likeness (QED) is 0.425. The highest BCUT2D eigenvalue weighted by atomic mass is 16.3. The second-order valence-corrected chi connectivity index (χ2v) is 14.0. The molecule has 0 radical (unpaired) electrons. The zero-order chi connectivity index (χ0) is 24.6. The van der Waals surface area contributed by atoms with Crippen molar-refractivity contribution in [3.05, 3.63) is 0 Å². The minimum Gasteiger partial charge on any atom is -0.390 e. The predicted molar refractivity (Wildman–Crippen MR) is 142 cm³/mol. The SMILES string of the molecule is CC1CCC(N=NC2C(O)C(C(=O)NC3CCCCC3)CC3CCC4C5CCCCC5CC4C32)CC1. The molecule has 5 heteroatoms. The second kappa shape index (κ2) is 11.0. The van der Waals surface area contributed by atoms with Gasteiger partial charge in [-0.3, -0.25) is 4.79 Å². The van der Waals surface area contributed by atoms with E-state index in [0.717, 1.165) is 55.8 Å². The van der Waals surface area contributed by atoms with Gasteiger partial charge < -0.3 is 10.4 Å². The lowest BCUT2D eigenvalue weighted by Gasteiger charge is -2.50. The van der Waals surface area contributed by atoms with Crippen LogP contribution in [-0.2, 0) is 4.79 Å². The van der Waals surface area contributed by atoms with Crippen LogP contribution in [-0.4, -0.2) is 35.2 Å². The van der Waals surface area contributed by atoms with Crippen LogP contribution in [0.25, 0.3) is 0 Å². The molecule has 9 unspecified atom stereocenters. The van der Waals surface area contributed by atoms with Crippen molar-refractivity contribution >= 4 is 5.91 Å². The maximum Gasteiger partial charge on any atom is 0.226 e. The second-order valence-electron chi connectivity index (χ2n) is 14.0. The number of hydrogen-bond donors (Lipinski definition) is 2. The molecule has 36 heavy (non-hydrogen) atoms. The van der Waals surface area contributed by atoms with E-state index in [9.17, 15) is 9.90 Å². The van der Waals surface area contributed by atoms with Crippen molar-refractivity contribution in [2.24, 2.45) is 57.6 Å². The van der Waals surface area contributed by atoms with E-state index in [4.69, 9.17) is 10.2 Å². The Labute approximate surface area is 219 Å². The summed E-state index contributed by atoms with van der Waals surface area (Å²) in [4.78, 5) is 13.5. The number of fused-ring (bicyclic) bond motifs is 5. The van der Waals surface area contributed by atoms with Crippen LogP contribution >= 0.6 is 0 Å². The number of nitrogens with zero attached hydrogens (tertiary/aromatic N) is 2. The Bertz CT molecular complexity index is 787. The first kappa shape index (κ1) is 25.3. The Balaban J connectivity index is 1.23. The van der Waals surface area contributed by atoms with Crippen LogP contribution in [0.2, 0.25) is 0 Å². The maximum atomic E-state index is 13.5. The number of azo groups is 1. The molecule has 6 aliphatic rings. The first-order chi connectivity index (χ1) is 17.6. The van der Waals surface area contributed by atoms with Crippen LogP contribution in [0.4, 0.5) is 0 Å².